The van der Waals surface area contributed by atoms with Gasteiger partial charge in [0.15, 0.2) is 5.67 Å². The predicted octanol–water partition coefficient (Wildman–Crippen LogP) is 5.57. The summed E-state index contributed by atoms with van der Waals surface area (Å²) in [6.45, 7) is 1.97. The molecule has 3 rings (SSSR count). The second kappa shape index (κ2) is 6.07. The third-order valence-electron chi connectivity index (χ3n) is 4.16. The molecule has 0 aliphatic heterocycles. The van der Waals surface area contributed by atoms with Gasteiger partial charge in [-0.05, 0) is 53.5 Å². The molecule has 0 amide bonds. The Kier molecular flexibility index (Phi) is 4.12. The van der Waals surface area contributed by atoms with Gasteiger partial charge in [-0.1, -0.05) is 43.3 Å². The number of rotatable bonds is 3. The number of hydrogen-bond acceptors (Lipinski definition) is 0. The standard InChI is InChI=1S/C20H17F3/c1-14-10-12-20(23,13-11-14)19(15-2-6-17(21)7-3-15)16-4-8-18(22)9-5-16/h2-14,19H,1H3. The van der Waals surface area contributed by atoms with Crippen LogP contribution in [0.5, 0.6) is 0 Å². The van der Waals surface area contributed by atoms with Gasteiger partial charge in [-0.2, -0.15) is 0 Å². The maximum absolute atomic E-state index is 15.6. The molecule has 0 atom stereocenters. The maximum Gasteiger partial charge on any atom is 0.158 e. The predicted molar refractivity (Wildman–Crippen MR) is 85.9 cm³/mol. The summed E-state index contributed by atoms with van der Waals surface area (Å²) in [5.74, 6) is -1.24. The molecule has 2 aromatic rings. The number of allylic oxidation sites excluding steroid dienone is 4. The Hall–Kier alpha value is -2.29. The SMILES string of the molecule is CC1C=CC(F)(C(c2ccc(F)cc2)c2ccc(F)cc2)C=C1. The first kappa shape index (κ1) is 15.6. The lowest BCUT2D eigenvalue weighted by molar-refractivity contribution is 0.262. The summed E-state index contributed by atoms with van der Waals surface area (Å²) in [6.07, 6.45) is 6.68. The Balaban J connectivity index is 2.10. The van der Waals surface area contributed by atoms with Gasteiger partial charge in [-0.3, -0.25) is 0 Å². The van der Waals surface area contributed by atoms with Crippen molar-refractivity contribution in [2.75, 3.05) is 0 Å². The zero-order valence-corrected chi connectivity index (χ0v) is 12.7. The maximum atomic E-state index is 15.6. The molecule has 23 heavy (non-hydrogen) atoms. The van der Waals surface area contributed by atoms with Crippen molar-refractivity contribution in [2.24, 2.45) is 5.92 Å². The second-order valence-corrected chi connectivity index (χ2v) is 5.94. The lowest BCUT2D eigenvalue weighted by Crippen LogP contribution is -2.30. The molecule has 0 saturated heterocycles. The molecule has 0 fully saturated rings. The van der Waals surface area contributed by atoms with Crippen LogP contribution in [0, 0.1) is 17.6 Å². The summed E-state index contributed by atoms with van der Waals surface area (Å²) in [6, 6.07) is 11.5. The summed E-state index contributed by atoms with van der Waals surface area (Å²) in [5.41, 5.74) is -0.448. The molecule has 2 aromatic carbocycles. The van der Waals surface area contributed by atoms with Crippen molar-refractivity contribution < 1.29 is 13.2 Å². The minimum Gasteiger partial charge on any atom is -0.234 e. The van der Waals surface area contributed by atoms with Gasteiger partial charge < -0.3 is 0 Å². The lowest BCUT2D eigenvalue weighted by Gasteiger charge is -2.32. The van der Waals surface area contributed by atoms with E-state index < -0.39 is 11.6 Å². The van der Waals surface area contributed by atoms with Crippen LogP contribution < -0.4 is 0 Å². The number of benzene rings is 2. The Morgan fingerprint density at radius 1 is 0.783 bits per heavy atom. The highest BCUT2D eigenvalue weighted by Gasteiger charge is 2.38. The highest BCUT2D eigenvalue weighted by atomic mass is 19.1. The molecule has 1 aliphatic carbocycles. The summed E-state index contributed by atoms with van der Waals surface area (Å²) in [5, 5.41) is 0. The first-order valence-electron chi connectivity index (χ1n) is 7.56. The van der Waals surface area contributed by atoms with Gasteiger partial charge in [-0.25, -0.2) is 13.2 Å². The summed E-state index contributed by atoms with van der Waals surface area (Å²) in [4.78, 5) is 0. The fourth-order valence-corrected chi connectivity index (χ4v) is 2.92. The van der Waals surface area contributed by atoms with E-state index in [0.717, 1.165) is 0 Å². The van der Waals surface area contributed by atoms with E-state index in [2.05, 4.69) is 0 Å². The molecule has 0 aromatic heterocycles. The van der Waals surface area contributed by atoms with E-state index in [9.17, 15) is 8.78 Å². The molecule has 118 valence electrons. The van der Waals surface area contributed by atoms with Crippen LogP contribution in [0.3, 0.4) is 0 Å². The summed E-state index contributed by atoms with van der Waals surface area (Å²) < 4.78 is 42.1. The van der Waals surface area contributed by atoms with Gasteiger partial charge in [0.25, 0.3) is 0 Å². The van der Waals surface area contributed by atoms with Crippen molar-refractivity contribution in [1.29, 1.82) is 0 Å². The Morgan fingerprint density at radius 3 is 1.57 bits per heavy atom. The molecule has 0 radical (unpaired) electrons. The summed E-state index contributed by atoms with van der Waals surface area (Å²) in [7, 11) is 0. The van der Waals surface area contributed by atoms with Gasteiger partial charge >= 0.3 is 0 Å². The van der Waals surface area contributed by atoms with E-state index in [1.165, 1.54) is 36.4 Å². The van der Waals surface area contributed by atoms with E-state index in [-0.39, 0.29) is 17.6 Å². The van der Waals surface area contributed by atoms with E-state index >= 15 is 4.39 Å². The average molecular weight is 314 g/mol. The smallest absolute Gasteiger partial charge is 0.158 e. The second-order valence-electron chi connectivity index (χ2n) is 5.94. The van der Waals surface area contributed by atoms with Crippen LogP contribution in [0.2, 0.25) is 0 Å². The van der Waals surface area contributed by atoms with Gasteiger partial charge in [0, 0.05) is 0 Å². The van der Waals surface area contributed by atoms with Crippen LogP contribution in [0.1, 0.15) is 24.0 Å². The Bertz CT molecular complexity index is 667. The lowest BCUT2D eigenvalue weighted by atomic mass is 9.76. The molecule has 0 N–H and O–H groups in total. The summed E-state index contributed by atoms with van der Waals surface area (Å²) >= 11 is 0. The number of alkyl halides is 1. The largest absolute Gasteiger partial charge is 0.234 e. The molecule has 3 heteroatoms. The van der Waals surface area contributed by atoms with Gasteiger partial charge in [0.05, 0.1) is 5.92 Å². The van der Waals surface area contributed by atoms with E-state index in [1.807, 2.05) is 6.92 Å². The first-order chi connectivity index (χ1) is 11.0. The molecule has 1 aliphatic rings. The normalized spacial score (nSPS) is 23.4. The van der Waals surface area contributed by atoms with Crippen LogP contribution in [0.25, 0.3) is 0 Å². The molecule has 0 heterocycles. The number of halogens is 3. The van der Waals surface area contributed by atoms with Crippen LogP contribution in [0.15, 0.2) is 72.8 Å². The fourth-order valence-electron chi connectivity index (χ4n) is 2.92. The van der Waals surface area contributed by atoms with Crippen molar-refractivity contribution in [2.45, 2.75) is 18.5 Å². The van der Waals surface area contributed by atoms with Crippen molar-refractivity contribution >= 4 is 0 Å². The monoisotopic (exact) mass is 314 g/mol. The minimum atomic E-state index is -1.73. The molecule has 0 saturated carbocycles. The third kappa shape index (κ3) is 3.24. The van der Waals surface area contributed by atoms with Crippen molar-refractivity contribution in [3.8, 4) is 0 Å². The fraction of sp³-hybridized carbons (Fsp3) is 0.200. The molecule has 0 bridgehead atoms. The van der Waals surface area contributed by atoms with Crippen molar-refractivity contribution in [3.05, 3.63) is 95.6 Å². The average Bonchev–Trinajstić information content (AvgIpc) is 2.54. The van der Waals surface area contributed by atoms with E-state index in [4.69, 9.17) is 0 Å². The molecule has 0 spiro atoms. The zero-order chi connectivity index (χ0) is 16.4. The highest BCUT2D eigenvalue weighted by Crippen LogP contribution is 2.42. The highest BCUT2D eigenvalue weighted by molar-refractivity contribution is 5.42. The van der Waals surface area contributed by atoms with Gasteiger partial charge in [-0.15, -0.1) is 0 Å². The van der Waals surface area contributed by atoms with Crippen molar-refractivity contribution in [3.63, 3.8) is 0 Å². The van der Waals surface area contributed by atoms with E-state index in [1.54, 1.807) is 36.4 Å². The Labute approximate surface area is 134 Å². The van der Waals surface area contributed by atoms with Gasteiger partial charge in [0.1, 0.15) is 11.6 Å². The molecular weight excluding hydrogens is 297 g/mol. The molecule has 0 nitrogen and oxygen atoms in total. The Morgan fingerprint density at radius 2 is 1.17 bits per heavy atom. The number of hydrogen-bond donors (Lipinski definition) is 0. The van der Waals surface area contributed by atoms with Crippen molar-refractivity contribution in [1.82, 2.24) is 0 Å². The quantitative estimate of drug-likeness (QED) is 0.650. The van der Waals surface area contributed by atoms with Crippen LogP contribution >= 0.6 is 0 Å². The minimum absolute atomic E-state index is 0.168. The topological polar surface area (TPSA) is 0 Å². The van der Waals surface area contributed by atoms with Crippen LogP contribution in [0.4, 0.5) is 13.2 Å². The first-order valence-corrected chi connectivity index (χ1v) is 7.56. The van der Waals surface area contributed by atoms with Gasteiger partial charge in [0.2, 0.25) is 0 Å². The zero-order valence-electron chi connectivity index (χ0n) is 12.7. The molecule has 0 unspecified atom stereocenters. The molecular formula is C20H17F3. The van der Waals surface area contributed by atoms with Crippen LogP contribution in [-0.2, 0) is 0 Å². The van der Waals surface area contributed by atoms with Crippen LogP contribution in [-0.4, -0.2) is 5.67 Å². The third-order valence-corrected chi connectivity index (χ3v) is 4.16. The van der Waals surface area contributed by atoms with E-state index in [0.29, 0.717) is 11.1 Å².